The Morgan fingerprint density at radius 3 is 2.81 bits per heavy atom. The van der Waals surface area contributed by atoms with Gasteiger partial charge in [0.15, 0.2) is 0 Å². The maximum Gasteiger partial charge on any atom is 0.243 e. The number of morpholine rings is 1. The monoisotopic (exact) mass is 310 g/mol. The molecule has 1 saturated heterocycles. The minimum atomic E-state index is -3.39. The molecule has 2 heterocycles. The molecule has 0 radical (unpaired) electrons. The largest absolute Gasteiger partial charge is 0.385 e. The van der Waals surface area contributed by atoms with Crippen LogP contribution in [0.25, 0.3) is 0 Å². The van der Waals surface area contributed by atoms with Gasteiger partial charge in [-0.1, -0.05) is 13.3 Å². The Balaban J connectivity index is 1.89. The number of benzene rings is 1. The zero-order valence-electron chi connectivity index (χ0n) is 12.3. The van der Waals surface area contributed by atoms with Crippen LogP contribution in [0.2, 0.25) is 0 Å². The van der Waals surface area contributed by atoms with Gasteiger partial charge < -0.3 is 10.1 Å². The molecule has 1 aromatic rings. The van der Waals surface area contributed by atoms with Gasteiger partial charge in [0.05, 0.1) is 18.1 Å². The van der Waals surface area contributed by atoms with Crippen LogP contribution in [-0.2, 0) is 21.2 Å². The highest BCUT2D eigenvalue weighted by atomic mass is 32.2. The van der Waals surface area contributed by atoms with E-state index in [0.29, 0.717) is 37.1 Å². The topological polar surface area (TPSA) is 58.6 Å². The van der Waals surface area contributed by atoms with Gasteiger partial charge in [-0.25, -0.2) is 8.42 Å². The fraction of sp³-hybridized carbons (Fsp3) is 0.600. The lowest BCUT2D eigenvalue weighted by atomic mass is 9.92. The van der Waals surface area contributed by atoms with Crippen molar-refractivity contribution in [2.75, 3.05) is 38.2 Å². The Labute approximate surface area is 126 Å². The fourth-order valence-electron chi connectivity index (χ4n) is 2.93. The molecule has 0 aliphatic carbocycles. The van der Waals surface area contributed by atoms with Crippen LogP contribution in [0.5, 0.6) is 0 Å². The van der Waals surface area contributed by atoms with Gasteiger partial charge in [-0.05, 0) is 36.1 Å². The van der Waals surface area contributed by atoms with Crippen LogP contribution in [0.15, 0.2) is 23.1 Å². The molecule has 21 heavy (non-hydrogen) atoms. The average Bonchev–Trinajstić information content (AvgIpc) is 2.54. The minimum absolute atomic E-state index is 0.404. The summed E-state index contributed by atoms with van der Waals surface area (Å²) in [4.78, 5) is 0.404. The van der Waals surface area contributed by atoms with E-state index in [1.54, 1.807) is 6.07 Å². The SMILES string of the molecule is CCC1CNc2ccc(S(=O)(=O)N3CCOCC3)cc2C1. The van der Waals surface area contributed by atoms with Gasteiger partial charge in [-0.3, -0.25) is 0 Å². The molecule has 2 aliphatic heterocycles. The van der Waals surface area contributed by atoms with Gasteiger partial charge >= 0.3 is 0 Å². The molecule has 0 spiro atoms. The Morgan fingerprint density at radius 1 is 1.33 bits per heavy atom. The molecule has 3 rings (SSSR count). The van der Waals surface area contributed by atoms with Crippen LogP contribution < -0.4 is 5.32 Å². The van der Waals surface area contributed by atoms with Gasteiger partial charge in [0.2, 0.25) is 10.0 Å². The quantitative estimate of drug-likeness (QED) is 0.923. The highest BCUT2D eigenvalue weighted by Crippen LogP contribution is 2.29. The van der Waals surface area contributed by atoms with Crippen molar-refractivity contribution in [3.8, 4) is 0 Å². The summed E-state index contributed by atoms with van der Waals surface area (Å²) in [5.74, 6) is 0.582. The molecule has 116 valence electrons. The summed E-state index contributed by atoms with van der Waals surface area (Å²) < 4.78 is 32.1. The highest BCUT2D eigenvalue weighted by Gasteiger charge is 2.27. The first-order valence-electron chi connectivity index (χ1n) is 7.56. The normalized spacial score (nSPS) is 23.4. The molecule has 6 heteroatoms. The molecular weight excluding hydrogens is 288 g/mol. The second-order valence-electron chi connectivity index (χ2n) is 5.69. The number of nitrogens with one attached hydrogen (secondary N) is 1. The first kappa shape index (κ1) is 14.8. The van der Waals surface area contributed by atoms with E-state index in [2.05, 4.69) is 12.2 Å². The zero-order chi connectivity index (χ0) is 14.9. The van der Waals surface area contributed by atoms with Crippen molar-refractivity contribution in [2.24, 2.45) is 5.92 Å². The Bertz CT molecular complexity index is 609. The molecule has 5 nitrogen and oxygen atoms in total. The lowest BCUT2D eigenvalue weighted by Gasteiger charge is -2.28. The predicted octanol–water partition coefficient (Wildman–Crippen LogP) is 1.70. The van der Waals surface area contributed by atoms with Crippen molar-refractivity contribution in [1.82, 2.24) is 4.31 Å². The molecule has 0 aromatic heterocycles. The fourth-order valence-corrected chi connectivity index (χ4v) is 4.39. The number of nitrogens with zero attached hydrogens (tertiary/aromatic N) is 1. The van der Waals surface area contributed by atoms with Crippen molar-refractivity contribution in [2.45, 2.75) is 24.7 Å². The van der Waals surface area contributed by atoms with E-state index in [9.17, 15) is 8.42 Å². The molecule has 0 amide bonds. The Morgan fingerprint density at radius 2 is 2.10 bits per heavy atom. The summed E-state index contributed by atoms with van der Waals surface area (Å²) in [6, 6.07) is 5.45. The number of fused-ring (bicyclic) bond motifs is 1. The summed E-state index contributed by atoms with van der Waals surface area (Å²) in [5, 5.41) is 3.39. The second kappa shape index (κ2) is 5.94. The Hall–Kier alpha value is -1.11. The van der Waals surface area contributed by atoms with Crippen molar-refractivity contribution >= 4 is 15.7 Å². The van der Waals surface area contributed by atoms with Crippen LogP contribution in [0.1, 0.15) is 18.9 Å². The highest BCUT2D eigenvalue weighted by molar-refractivity contribution is 7.89. The standard InChI is InChI=1S/C15H22N2O3S/c1-2-12-9-13-10-14(3-4-15(13)16-11-12)21(18,19)17-5-7-20-8-6-17/h3-4,10,12,16H,2,5-9,11H2,1H3. The van der Waals surface area contributed by atoms with Crippen molar-refractivity contribution in [1.29, 1.82) is 0 Å². The van der Waals surface area contributed by atoms with Crippen LogP contribution in [0, 0.1) is 5.92 Å². The average molecular weight is 310 g/mol. The molecule has 1 aromatic carbocycles. The minimum Gasteiger partial charge on any atom is -0.385 e. The Kier molecular flexibility index (Phi) is 4.19. The van der Waals surface area contributed by atoms with Gasteiger partial charge in [-0.2, -0.15) is 4.31 Å². The number of hydrogen-bond acceptors (Lipinski definition) is 4. The smallest absolute Gasteiger partial charge is 0.243 e. The summed E-state index contributed by atoms with van der Waals surface area (Å²) in [6.45, 7) is 4.97. The molecule has 0 bridgehead atoms. The molecular formula is C15H22N2O3S. The van der Waals surface area contributed by atoms with Crippen LogP contribution in [0.3, 0.4) is 0 Å². The summed E-state index contributed by atoms with van der Waals surface area (Å²) in [7, 11) is -3.39. The molecule has 1 unspecified atom stereocenters. The van der Waals surface area contributed by atoms with Gasteiger partial charge in [0, 0.05) is 25.3 Å². The first-order chi connectivity index (χ1) is 10.1. The van der Waals surface area contributed by atoms with E-state index in [-0.39, 0.29) is 0 Å². The number of anilines is 1. The lowest BCUT2D eigenvalue weighted by Crippen LogP contribution is -2.40. The summed E-state index contributed by atoms with van der Waals surface area (Å²) in [6.07, 6.45) is 2.05. The van der Waals surface area contributed by atoms with E-state index < -0.39 is 10.0 Å². The molecule has 1 N–H and O–H groups in total. The van der Waals surface area contributed by atoms with E-state index in [0.717, 1.165) is 30.6 Å². The molecule has 1 fully saturated rings. The molecule has 0 saturated carbocycles. The number of hydrogen-bond donors (Lipinski definition) is 1. The molecule has 1 atom stereocenters. The second-order valence-corrected chi connectivity index (χ2v) is 7.63. The van der Waals surface area contributed by atoms with Crippen molar-refractivity contribution in [3.63, 3.8) is 0 Å². The number of rotatable bonds is 3. The first-order valence-corrected chi connectivity index (χ1v) is 9.00. The maximum atomic E-state index is 12.7. The van der Waals surface area contributed by atoms with Gasteiger partial charge in [-0.15, -0.1) is 0 Å². The van der Waals surface area contributed by atoms with E-state index in [4.69, 9.17) is 4.74 Å². The van der Waals surface area contributed by atoms with E-state index in [1.807, 2.05) is 12.1 Å². The third kappa shape index (κ3) is 2.93. The van der Waals surface area contributed by atoms with Gasteiger partial charge in [0.1, 0.15) is 0 Å². The van der Waals surface area contributed by atoms with Crippen LogP contribution in [0.4, 0.5) is 5.69 Å². The number of sulfonamides is 1. The van der Waals surface area contributed by atoms with Crippen LogP contribution in [-0.4, -0.2) is 45.6 Å². The van der Waals surface area contributed by atoms with E-state index >= 15 is 0 Å². The van der Waals surface area contributed by atoms with Crippen LogP contribution >= 0.6 is 0 Å². The third-order valence-electron chi connectivity index (χ3n) is 4.35. The molecule has 2 aliphatic rings. The third-order valence-corrected chi connectivity index (χ3v) is 6.25. The zero-order valence-corrected chi connectivity index (χ0v) is 13.2. The van der Waals surface area contributed by atoms with Crippen molar-refractivity contribution in [3.05, 3.63) is 23.8 Å². The summed E-state index contributed by atoms with van der Waals surface area (Å²) >= 11 is 0. The number of ether oxygens (including phenoxy) is 1. The summed E-state index contributed by atoms with van der Waals surface area (Å²) in [5.41, 5.74) is 2.18. The van der Waals surface area contributed by atoms with Gasteiger partial charge in [0.25, 0.3) is 0 Å². The maximum absolute atomic E-state index is 12.7. The van der Waals surface area contributed by atoms with E-state index in [1.165, 1.54) is 4.31 Å². The lowest BCUT2D eigenvalue weighted by molar-refractivity contribution is 0.0730. The van der Waals surface area contributed by atoms with Crippen molar-refractivity contribution < 1.29 is 13.2 Å². The predicted molar refractivity (Wildman–Crippen MR) is 82.0 cm³/mol.